The first-order valence-electron chi connectivity index (χ1n) is 13.1. The van der Waals surface area contributed by atoms with Gasteiger partial charge in [-0.1, -0.05) is 42.5 Å². The van der Waals surface area contributed by atoms with Crippen molar-refractivity contribution in [2.75, 3.05) is 6.54 Å². The monoisotopic (exact) mass is 571 g/mol. The Kier molecular flexibility index (Phi) is 12.6. The lowest BCUT2D eigenvalue weighted by Gasteiger charge is -2.19. The van der Waals surface area contributed by atoms with Gasteiger partial charge in [-0.25, -0.2) is 19.2 Å². The average molecular weight is 572 g/mol. The van der Waals surface area contributed by atoms with E-state index in [1.807, 2.05) is 18.2 Å². The summed E-state index contributed by atoms with van der Waals surface area (Å²) in [6.07, 6.45) is -1.05. The summed E-state index contributed by atoms with van der Waals surface area (Å²) < 4.78 is 15.5. The van der Waals surface area contributed by atoms with Gasteiger partial charge in [0.1, 0.15) is 30.0 Å². The summed E-state index contributed by atoms with van der Waals surface area (Å²) in [7, 11) is 0. The maximum atomic E-state index is 12.4. The van der Waals surface area contributed by atoms with Crippen LogP contribution in [0.1, 0.15) is 51.7 Å². The van der Waals surface area contributed by atoms with Crippen molar-refractivity contribution < 1.29 is 43.3 Å². The predicted molar refractivity (Wildman–Crippen MR) is 148 cm³/mol. The predicted octanol–water partition coefficient (Wildman–Crippen LogP) is 3.32. The van der Waals surface area contributed by atoms with Gasteiger partial charge in [-0.3, -0.25) is 4.79 Å². The number of aliphatic carboxylic acids is 1. The van der Waals surface area contributed by atoms with Crippen LogP contribution in [0.15, 0.2) is 54.6 Å². The number of carboxylic acid groups (broad SMARTS) is 1. The van der Waals surface area contributed by atoms with Crippen LogP contribution in [0.25, 0.3) is 0 Å². The number of carbonyl (C=O) groups excluding carboxylic acids is 4. The summed E-state index contributed by atoms with van der Waals surface area (Å²) in [6.45, 7) is 6.91. The highest BCUT2D eigenvalue weighted by Gasteiger charge is 2.22. The first kappa shape index (κ1) is 32.6. The van der Waals surface area contributed by atoms with Crippen molar-refractivity contribution in [1.29, 1.82) is 0 Å². The Morgan fingerprint density at radius 3 is 2.15 bits per heavy atom. The molecular weight excluding hydrogens is 534 g/mol. The number of alkyl carbamates (subject to hydrolysis) is 2. The lowest BCUT2D eigenvalue weighted by Crippen LogP contribution is -2.42. The second-order valence-electron chi connectivity index (χ2n) is 10.2. The number of carboxylic acids is 1. The number of hydrogen-bond donors (Lipinski definition) is 4. The SMILES string of the molecule is C[C@H](NC(=O)OCc1ccccc1)C(=O)Oc1ccc(C[C@H](NC(=O)CCCNC(=O)OC(C)(C)C)C(=O)O)cc1. The fourth-order valence-corrected chi connectivity index (χ4v) is 3.35. The Morgan fingerprint density at radius 1 is 0.878 bits per heavy atom. The molecule has 2 aromatic rings. The van der Waals surface area contributed by atoms with Gasteiger partial charge in [0.25, 0.3) is 0 Å². The molecule has 0 aliphatic rings. The lowest BCUT2D eigenvalue weighted by atomic mass is 10.1. The summed E-state index contributed by atoms with van der Waals surface area (Å²) in [4.78, 5) is 59.9. The van der Waals surface area contributed by atoms with Crippen LogP contribution in [0.5, 0.6) is 5.75 Å². The molecule has 0 aromatic heterocycles. The van der Waals surface area contributed by atoms with Gasteiger partial charge in [0.2, 0.25) is 5.91 Å². The quantitative estimate of drug-likeness (QED) is 0.160. The number of rotatable bonds is 13. The van der Waals surface area contributed by atoms with Crippen molar-refractivity contribution in [3.05, 3.63) is 65.7 Å². The minimum absolute atomic E-state index is 0.00330. The summed E-state index contributed by atoms with van der Waals surface area (Å²) in [6, 6.07) is 13.0. The topological polar surface area (TPSA) is 169 Å². The van der Waals surface area contributed by atoms with Crippen LogP contribution in [-0.4, -0.2) is 59.4 Å². The third kappa shape index (κ3) is 13.3. The molecule has 0 aliphatic carbocycles. The standard InChI is InChI=1S/C29H37N3O9/c1-19(31-28(38)39-18-21-9-6-5-7-10-21)26(36)40-22-14-12-20(13-15-22)17-23(25(34)35)32-24(33)11-8-16-30-27(37)41-29(2,3)4/h5-7,9-10,12-15,19,23H,8,11,16-18H2,1-4H3,(H,30,37)(H,31,38)(H,32,33)(H,34,35)/t19-,23-/m0/s1. The Morgan fingerprint density at radius 2 is 1.54 bits per heavy atom. The molecule has 0 saturated carbocycles. The van der Waals surface area contributed by atoms with Crippen molar-refractivity contribution in [2.45, 2.75) is 71.2 Å². The molecule has 0 heterocycles. The van der Waals surface area contributed by atoms with Gasteiger partial charge in [0.15, 0.2) is 0 Å². The van der Waals surface area contributed by atoms with Crippen LogP contribution in [0, 0.1) is 0 Å². The van der Waals surface area contributed by atoms with Crippen LogP contribution in [-0.2, 0) is 36.9 Å². The van der Waals surface area contributed by atoms with E-state index in [1.54, 1.807) is 45.0 Å². The number of hydrogen-bond acceptors (Lipinski definition) is 8. The van der Waals surface area contributed by atoms with E-state index < -0.39 is 47.7 Å². The van der Waals surface area contributed by atoms with E-state index >= 15 is 0 Å². The van der Waals surface area contributed by atoms with E-state index in [0.29, 0.717) is 12.0 Å². The summed E-state index contributed by atoms with van der Waals surface area (Å²) in [5.41, 5.74) is 0.750. The van der Waals surface area contributed by atoms with E-state index in [9.17, 15) is 29.1 Å². The maximum absolute atomic E-state index is 12.4. The van der Waals surface area contributed by atoms with Crippen LogP contribution in [0.3, 0.4) is 0 Å². The summed E-state index contributed by atoms with van der Waals surface area (Å²) >= 11 is 0. The molecular formula is C29H37N3O9. The molecule has 12 heteroatoms. The molecule has 0 aliphatic heterocycles. The van der Waals surface area contributed by atoms with Gasteiger partial charge >= 0.3 is 24.1 Å². The number of nitrogens with one attached hydrogen (secondary N) is 3. The van der Waals surface area contributed by atoms with Crippen LogP contribution in [0.2, 0.25) is 0 Å². The maximum Gasteiger partial charge on any atom is 0.408 e. The first-order chi connectivity index (χ1) is 19.3. The zero-order valence-corrected chi connectivity index (χ0v) is 23.6. The number of esters is 1. The van der Waals surface area contributed by atoms with E-state index in [1.165, 1.54) is 19.1 Å². The molecule has 4 N–H and O–H groups in total. The molecule has 2 rings (SSSR count). The molecule has 12 nitrogen and oxygen atoms in total. The van der Waals surface area contributed by atoms with Crippen LogP contribution < -0.4 is 20.7 Å². The fourth-order valence-electron chi connectivity index (χ4n) is 3.35. The largest absolute Gasteiger partial charge is 0.480 e. The zero-order valence-electron chi connectivity index (χ0n) is 23.6. The molecule has 41 heavy (non-hydrogen) atoms. The van der Waals surface area contributed by atoms with Gasteiger partial charge in [-0.2, -0.15) is 0 Å². The Labute approximate surface area is 238 Å². The molecule has 0 fully saturated rings. The van der Waals surface area contributed by atoms with Crippen LogP contribution in [0.4, 0.5) is 9.59 Å². The van der Waals surface area contributed by atoms with E-state index in [2.05, 4.69) is 16.0 Å². The molecule has 0 spiro atoms. The molecule has 0 unspecified atom stereocenters. The normalized spacial score (nSPS) is 12.3. The fraction of sp³-hybridized carbons (Fsp3) is 0.414. The Balaban J connectivity index is 1.76. The second kappa shape index (κ2) is 15.8. The molecule has 2 aromatic carbocycles. The third-order valence-electron chi connectivity index (χ3n) is 5.36. The molecule has 2 atom stereocenters. The van der Waals surface area contributed by atoms with Crippen LogP contribution >= 0.6 is 0 Å². The first-order valence-corrected chi connectivity index (χ1v) is 13.1. The number of amides is 3. The minimum atomic E-state index is -1.21. The van der Waals surface area contributed by atoms with Gasteiger partial charge in [0.05, 0.1) is 0 Å². The Bertz CT molecular complexity index is 1180. The van der Waals surface area contributed by atoms with Gasteiger partial charge in [0, 0.05) is 19.4 Å². The van der Waals surface area contributed by atoms with Crippen molar-refractivity contribution in [2.24, 2.45) is 0 Å². The molecule has 3 amide bonds. The number of ether oxygens (including phenoxy) is 3. The minimum Gasteiger partial charge on any atom is -0.480 e. The molecule has 222 valence electrons. The van der Waals surface area contributed by atoms with Crippen molar-refractivity contribution in [3.8, 4) is 5.75 Å². The Hall–Kier alpha value is -4.61. The highest BCUT2D eigenvalue weighted by atomic mass is 16.6. The number of benzene rings is 2. The van der Waals surface area contributed by atoms with Crippen molar-refractivity contribution in [1.82, 2.24) is 16.0 Å². The second-order valence-corrected chi connectivity index (χ2v) is 10.2. The number of carbonyl (C=O) groups is 5. The highest BCUT2D eigenvalue weighted by molar-refractivity contribution is 5.84. The van der Waals surface area contributed by atoms with Gasteiger partial charge in [-0.05, 0) is 57.4 Å². The summed E-state index contributed by atoms with van der Waals surface area (Å²) in [5, 5.41) is 17.0. The third-order valence-corrected chi connectivity index (χ3v) is 5.36. The molecule has 0 saturated heterocycles. The van der Waals surface area contributed by atoms with Gasteiger partial charge in [-0.15, -0.1) is 0 Å². The van der Waals surface area contributed by atoms with E-state index in [-0.39, 0.29) is 31.7 Å². The average Bonchev–Trinajstić information content (AvgIpc) is 2.90. The van der Waals surface area contributed by atoms with E-state index in [0.717, 1.165) is 5.56 Å². The summed E-state index contributed by atoms with van der Waals surface area (Å²) in [5.74, 6) is -2.21. The molecule has 0 radical (unpaired) electrons. The zero-order chi connectivity index (χ0) is 30.4. The molecule has 0 bridgehead atoms. The smallest absolute Gasteiger partial charge is 0.408 e. The van der Waals surface area contributed by atoms with Gasteiger partial charge < -0.3 is 35.3 Å². The van der Waals surface area contributed by atoms with Crippen molar-refractivity contribution in [3.63, 3.8) is 0 Å². The highest BCUT2D eigenvalue weighted by Crippen LogP contribution is 2.15. The van der Waals surface area contributed by atoms with E-state index in [4.69, 9.17) is 14.2 Å². The van der Waals surface area contributed by atoms with Crippen molar-refractivity contribution >= 4 is 30.0 Å². The lowest BCUT2D eigenvalue weighted by molar-refractivity contribution is -0.141.